The molecule has 0 atom stereocenters. The van der Waals surface area contributed by atoms with Crippen LogP contribution in [0.5, 0.6) is 11.6 Å². The van der Waals surface area contributed by atoms with Crippen LogP contribution in [0.25, 0.3) is 5.57 Å². The van der Waals surface area contributed by atoms with Crippen LogP contribution in [0, 0.1) is 5.82 Å². The summed E-state index contributed by atoms with van der Waals surface area (Å²) in [6.07, 6.45) is 6.04. The summed E-state index contributed by atoms with van der Waals surface area (Å²) in [4.78, 5) is 18.2. The van der Waals surface area contributed by atoms with E-state index in [1.807, 2.05) is 12.1 Å². The molecule has 4 rings (SSSR count). The van der Waals surface area contributed by atoms with Crippen LogP contribution in [-0.4, -0.2) is 62.2 Å². The van der Waals surface area contributed by atoms with Gasteiger partial charge in [-0.15, -0.1) is 0 Å². The fourth-order valence-electron chi connectivity index (χ4n) is 4.16. The van der Waals surface area contributed by atoms with Crippen molar-refractivity contribution in [3.8, 4) is 11.6 Å². The van der Waals surface area contributed by atoms with Gasteiger partial charge in [-0.25, -0.2) is 9.37 Å². The van der Waals surface area contributed by atoms with E-state index < -0.39 is 0 Å². The van der Waals surface area contributed by atoms with Gasteiger partial charge in [-0.05, 0) is 42.9 Å². The zero-order valence-electron chi connectivity index (χ0n) is 18.2. The number of morpholine rings is 1. The van der Waals surface area contributed by atoms with Crippen molar-refractivity contribution >= 4 is 11.9 Å². The Morgan fingerprint density at radius 3 is 2.75 bits per heavy atom. The first-order valence-electron chi connectivity index (χ1n) is 11.2. The van der Waals surface area contributed by atoms with Gasteiger partial charge < -0.3 is 14.2 Å². The van der Waals surface area contributed by atoms with Crippen molar-refractivity contribution in [1.29, 1.82) is 0 Å². The van der Waals surface area contributed by atoms with Crippen molar-refractivity contribution in [1.82, 2.24) is 9.88 Å². The van der Waals surface area contributed by atoms with Gasteiger partial charge in [-0.1, -0.05) is 18.2 Å². The smallest absolute Gasteiger partial charge is 0.214 e. The molecule has 0 amide bonds. The number of aldehydes is 1. The number of allylic oxidation sites excluding steroid dienone is 1. The third-order valence-corrected chi connectivity index (χ3v) is 5.94. The average Bonchev–Trinajstić information content (AvgIpc) is 2.84. The zero-order chi connectivity index (χ0) is 22.2. The quantitative estimate of drug-likeness (QED) is 0.546. The maximum atomic E-state index is 14.3. The van der Waals surface area contributed by atoms with Crippen molar-refractivity contribution in [3.63, 3.8) is 0 Å². The molecule has 1 fully saturated rings. The van der Waals surface area contributed by atoms with Gasteiger partial charge in [0.2, 0.25) is 5.88 Å². The summed E-state index contributed by atoms with van der Waals surface area (Å²) < 4.78 is 31.4. The number of ether oxygens (including phenoxy) is 3. The Labute approximate surface area is 188 Å². The summed E-state index contributed by atoms with van der Waals surface area (Å²) in [5.41, 5.74) is 3.12. The number of carbonyl (C=O) groups excluding carboxylic acids is 1. The lowest BCUT2D eigenvalue weighted by Crippen LogP contribution is -2.38. The molecule has 2 aromatic rings. The highest BCUT2D eigenvalue weighted by Gasteiger charge is 2.18. The first-order chi connectivity index (χ1) is 15.7. The molecule has 7 heteroatoms. The maximum Gasteiger partial charge on any atom is 0.214 e. The molecule has 1 aromatic carbocycles. The molecule has 2 aliphatic rings. The van der Waals surface area contributed by atoms with Crippen LogP contribution in [-0.2, 0) is 4.74 Å². The van der Waals surface area contributed by atoms with Crippen LogP contribution in [0.3, 0.4) is 0 Å². The van der Waals surface area contributed by atoms with E-state index in [4.69, 9.17) is 14.2 Å². The topological polar surface area (TPSA) is 60.9 Å². The summed E-state index contributed by atoms with van der Waals surface area (Å²) in [7, 11) is 0. The lowest BCUT2D eigenvalue weighted by molar-refractivity contribution is 0.0320. The van der Waals surface area contributed by atoms with Gasteiger partial charge in [0.1, 0.15) is 24.8 Å². The molecule has 170 valence electrons. The van der Waals surface area contributed by atoms with E-state index in [2.05, 4.69) is 9.88 Å². The van der Waals surface area contributed by atoms with Crippen molar-refractivity contribution in [2.75, 3.05) is 46.1 Å². The van der Waals surface area contributed by atoms with Gasteiger partial charge in [0, 0.05) is 31.3 Å². The second-order valence-electron chi connectivity index (χ2n) is 8.04. The summed E-state index contributed by atoms with van der Waals surface area (Å²) in [5.74, 6) is 0.596. The second-order valence-corrected chi connectivity index (χ2v) is 8.04. The minimum atomic E-state index is -0.212. The first-order valence-corrected chi connectivity index (χ1v) is 11.2. The number of rotatable bonds is 9. The second kappa shape index (κ2) is 11.2. The van der Waals surface area contributed by atoms with Gasteiger partial charge in [-0.2, -0.15) is 0 Å². The Hall–Kier alpha value is -2.77. The fourth-order valence-corrected chi connectivity index (χ4v) is 4.16. The molecule has 0 N–H and O–H groups in total. The molecule has 0 saturated carbocycles. The lowest BCUT2D eigenvalue weighted by Gasteiger charge is -2.26. The number of pyridine rings is 1. The van der Waals surface area contributed by atoms with Gasteiger partial charge in [0.25, 0.3) is 0 Å². The SMILES string of the molecule is O=Cc1cc(OCCN2CCOCC2)ncc1OCC1=C(c2ccccc2F)CCCC1. The van der Waals surface area contributed by atoms with E-state index in [9.17, 15) is 9.18 Å². The van der Waals surface area contributed by atoms with E-state index in [1.54, 1.807) is 12.1 Å². The monoisotopic (exact) mass is 440 g/mol. The molecule has 1 aliphatic heterocycles. The van der Waals surface area contributed by atoms with Gasteiger partial charge in [-0.3, -0.25) is 9.69 Å². The normalized spacial score (nSPS) is 17.3. The van der Waals surface area contributed by atoms with Gasteiger partial charge >= 0.3 is 0 Å². The van der Waals surface area contributed by atoms with E-state index in [0.29, 0.717) is 36.0 Å². The van der Waals surface area contributed by atoms with E-state index in [1.165, 1.54) is 12.3 Å². The highest BCUT2D eigenvalue weighted by atomic mass is 19.1. The number of aromatic nitrogens is 1. The minimum Gasteiger partial charge on any atom is -0.487 e. The predicted molar refractivity (Wildman–Crippen MR) is 120 cm³/mol. The Bertz CT molecular complexity index is 957. The predicted octanol–water partition coefficient (Wildman–Crippen LogP) is 4.15. The highest BCUT2D eigenvalue weighted by molar-refractivity contribution is 5.79. The van der Waals surface area contributed by atoms with Crippen molar-refractivity contribution < 1.29 is 23.4 Å². The minimum absolute atomic E-state index is 0.212. The first kappa shape index (κ1) is 22.4. The molecule has 0 bridgehead atoms. The third kappa shape index (κ3) is 5.72. The highest BCUT2D eigenvalue weighted by Crippen LogP contribution is 2.34. The molecule has 0 spiro atoms. The fraction of sp³-hybridized carbons (Fsp3) is 0.440. The number of hydrogen-bond donors (Lipinski definition) is 0. The van der Waals surface area contributed by atoms with Gasteiger partial charge in [0.05, 0.1) is 25.0 Å². The standard InChI is InChI=1S/C25H29FN2O4/c26-23-8-4-3-7-22(23)21-6-2-1-5-19(21)18-32-24-16-27-25(15-20(24)17-29)31-14-11-28-9-12-30-13-10-28/h3-4,7-8,15-17H,1-2,5-6,9-14,18H2. The third-order valence-electron chi connectivity index (χ3n) is 5.94. The summed E-state index contributed by atoms with van der Waals surface area (Å²) in [5, 5.41) is 0. The van der Waals surface area contributed by atoms with E-state index in [0.717, 1.165) is 76.0 Å². The lowest BCUT2D eigenvalue weighted by atomic mass is 9.87. The molecule has 2 heterocycles. The Balaban J connectivity index is 1.40. The number of nitrogens with zero attached hydrogens (tertiary/aromatic N) is 2. The van der Waals surface area contributed by atoms with E-state index in [-0.39, 0.29) is 5.82 Å². The molecule has 0 radical (unpaired) electrons. The largest absolute Gasteiger partial charge is 0.487 e. The zero-order valence-corrected chi connectivity index (χ0v) is 18.2. The molecule has 0 unspecified atom stereocenters. The van der Waals surface area contributed by atoms with Crippen LogP contribution in [0.4, 0.5) is 4.39 Å². The number of hydrogen-bond acceptors (Lipinski definition) is 6. The van der Waals surface area contributed by atoms with E-state index >= 15 is 0 Å². The maximum absolute atomic E-state index is 14.3. The summed E-state index contributed by atoms with van der Waals surface area (Å²) >= 11 is 0. The summed E-state index contributed by atoms with van der Waals surface area (Å²) in [6.45, 7) is 4.87. The van der Waals surface area contributed by atoms with Crippen molar-refractivity contribution in [2.45, 2.75) is 25.7 Å². The molecule has 32 heavy (non-hydrogen) atoms. The molecule has 1 aromatic heterocycles. The Morgan fingerprint density at radius 1 is 1.12 bits per heavy atom. The number of benzene rings is 1. The van der Waals surface area contributed by atoms with Crippen LogP contribution >= 0.6 is 0 Å². The van der Waals surface area contributed by atoms with Crippen LogP contribution < -0.4 is 9.47 Å². The molecule has 1 saturated heterocycles. The van der Waals surface area contributed by atoms with Crippen LogP contribution in [0.1, 0.15) is 41.6 Å². The van der Waals surface area contributed by atoms with Crippen molar-refractivity contribution in [2.24, 2.45) is 0 Å². The molecular formula is C25H29FN2O4. The summed E-state index contributed by atoms with van der Waals surface area (Å²) in [6, 6.07) is 8.46. The molecular weight excluding hydrogens is 411 g/mol. The van der Waals surface area contributed by atoms with Crippen LogP contribution in [0.15, 0.2) is 42.1 Å². The average molecular weight is 441 g/mol. The number of carbonyl (C=O) groups is 1. The van der Waals surface area contributed by atoms with Crippen molar-refractivity contribution in [3.05, 3.63) is 59.0 Å². The molecule has 6 nitrogen and oxygen atoms in total. The van der Waals surface area contributed by atoms with Crippen LogP contribution in [0.2, 0.25) is 0 Å². The Morgan fingerprint density at radius 2 is 1.94 bits per heavy atom. The molecule has 1 aliphatic carbocycles. The van der Waals surface area contributed by atoms with Gasteiger partial charge in [0.15, 0.2) is 6.29 Å². The Kier molecular flexibility index (Phi) is 7.85. The number of halogens is 1.